The Morgan fingerprint density at radius 2 is 1.35 bits per heavy atom. The van der Waals surface area contributed by atoms with Crippen molar-refractivity contribution in [3.8, 4) is 0 Å². The van der Waals surface area contributed by atoms with Crippen LogP contribution in [-0.4, -0.2) is 62.2 Å². The number of piperazine rings is 1. The minimum Gasteiger partial charge on any atom is -0.314 e. The zero-order valence-electron chi connectivity index (χ0n) is 11.5. The first-order chi connectivity index (χ1) is 8.34. The van der Waals surface area contributed by atoms with E-state index in [1.165, 1.54) is 78.0 Å². The van der Waals surface area contributed by atoms with Crippen molar-refractivity contribution in [2.75, 3.05) is 52.4 Å². The number of nitrogens with zero attached hydrogens (tertiary/aromatic N) is 2. The van der Waals surface area contributed by atoms with Gasteiger partial charge in [-0.05, 0) is 31.8 Å². The fourth-order valence-electron chi connectivity index (χ4n) is 3.15. The highest BCUT2D eigenvalue weighted by atomic mass is 15.2. The zero-order valence-corrected chi connectivity index (χ0v) is 11.5. The van der Waals surface area contributed by atoms with Gasteiger partial charge in [0, 0.05) is 39.3 Å². The summed E-state index contributed by atoms with van der Waals surface area (Å²) in [6, 6.07) is 0. The van der Waals surface area contributed by atoms with Crippen LogP contribution in [0.1, 0.15) is 32.6 Å². The number of likely N-dealkylation sites (tertiary alicyclic amines) is 1. The molecular weight excluding hydrogens is 210 g/mol. The van der Waals surface area contributed by atoms with E-state index in [0.717, 1.165) is 5.92 Å². The SMILES string of the molecule is CC(CN1CCCCCC1)CN1CCNCC1. The molecule has 100 valence electrons. The van der Waals surface area contributed by atoms with Gasteiger partial charge in [-0.2, -0.15) is 0 Å². The molecule has 0 aromatic rings. The van der Waals surface area contributed by atoms with Crippen molar-refractivity contribution in [1.29, 1.82) is 0 Å². The summed E-state index contributed by atoms with van der Waals surface area (Å²) in [5.74, 6) is 0.825. The molecule has 0 aliphatic carbocycles. The molecule has 2 fully saturated rings. The Labute approximate surface area is 107 Å². The predicted molar refractivity (Wildman–Crippen MR) is 73.4 cm³/mol. The summed E-state index contributed by atoms with van der Waals surface area (Å²) in [7, 11) is 0. The van der Waals surface area contributed by atoms with Crippen molar-refractivity contribution in [1.82, 2.24) is 15.1 Å². The minimum atomic E-state index is 0.825. The van der Waals surface area contributed by atoms with Gasteiger partial charge in [0.2, 0.25) is 0 Å². The Kier molecular flexibility index (Phi) is 5.75. The summed E-state index contributed by atoms with van der Waals surface area (Å²) in [5, 5.41) is 3.43. The Balaban J connectivity index is 1.66. The van der Waals surface area contributed by atoms with Crippen LogP contribution >= 0.6 is 0 Å². The lowest BCUT2D eigenvalue weighted by molar-refractivity contribution is 0.173. The van der Waals surface area contributed by atoms with Gasteiger partial charge in [-0.25, -0.2) is 0 Å². The van der Waals surface area contributed by atoms with E-state index < -0.39 is 0 Å². The van der Waals surface area contributed by atoms with Gasteiger partial charge in [0.1, 0.15) is 0 Å². The van der Waals surface area contributed by atoms with Gasteiger partial charge < -0.3 is 15.1 Å². The molecule has 2 heterocycles. The van der Waals surface area contributed by atoms with Gasteiger partial charge in [0.15, 0.2) is 0 Å². The second-order valence-electron chi connectivity index (χ2n) is 5.87. The van der Waals surface area contributed by atoms with Crippen LogP contribution in [0, 0.1) is 5.92 Å². The van der Waals surface area contributed by atoms with E-state index in [-0.39, 0.29) is 0 Å². The van der Waals surface area contributed by atoms with Gasteiger partial charge >= 0.3 is 0 Å². The Morgan fingerprint density at radius 3 is 1.94 bits per heavy atom. The first-order valence-corrected chi connectivity index (χ1v) is 7.50. The Morgan fingerprint density at radius 1 is 0.824 bits per heavy atom. The van der Waals surface area contributed by atoms with Crippen LogP contribution in [0.4, 0.5) is 0 Å². The van der Waals surface area contributed by atoms with E-state index in [4.69, 9.17) is 0 Å². The average Bonchev–Trinajstić information content (AvgIpc) is 2.59. The summed E-state index contributed by atoms with van der Waals surface area (Å²) in [6.07, 6.45) is 5.73. The molecule has 3 heteroatoms. The van der Waals surface area contributed by atoms with Gasteiger partial charge in [0.25, 0.3) is 0 Å². The topological polar surface area (TPSA) is 18.5 Å². The number of hydrogen-bond acceptors (Lipinski definition) is 3. The molecule has 0 spiro atoms. The molecule has 0 aromatic carbocycles. The van der Waals surface area contributed by atoms with Crippen LogP contribution in [0.3, 0.4) is 0 Å². The van der Waals surface area contributed by atoms with Crippen molar-refractivity contribution in [2.45, 2.75) is 32.6 Å². The fourth-order valence-corrected chi connectivity index (χ4v) is 3.15. The normalized spacial score (nSPS) is 26.6. The highest BCUT2D eigenvalue weighted by Crippen LogP contribution is 2.12. The molecule has 0 saturated carbocycles. The van der Waals surface area contributed by atoms with Crippen molar-refractivity contribution < 1.29 is 0 Å². The minimum absolute atomic E-state index is 0.825. The lowest BCUT2D eigenvalue weighted by Crippen LogP contribution is -2.46. The molecule has 2 rings (SSSR count). The highest BCUT2D eigenvalue weighted by molar-refractivity contribution is 4.73. The van der Waals surface area contributed by atoms with Crippen molar-refractivity contribution in [2.24, 2.45) is 5.92 Å². The summed E-state index contributed by atoms with van der Waals surface area (Å²) in [5.41, 5.74) is 0. The predicted octanol–water partition coefficient (Wildman–Crippen LogP) is 1.40. The first-order valence-electron chi connectivity index (χ1n) is 7.50. The maximum absolute atomic E-state index is 3.43. The van der Waals surface area contributed by atoms with E-state index in [2.05, 4.69) is 22.0 Å². The highest BCUT2D eigenvalue weighted by Gasteiger charge is 2.16. The van der Waals surface area contributed by atoms with Gasteiger partial charge in [0.05, 0.1) is 0 Å². The third-order valence-corrected chi connectivity index (χ3v) is 4.05. The molecule has 1 unspecified atom stereocenters. The molecule has 0 amide bonds. The van der Waals surface area contributed by atoms with Crippen LogP contribution in [0.15, 0.2) is 0 Å². The molecule has 2 saturated heterocycles. The summed E-state index contributed by atoms with van der Waals surface area (Å²) in [4.78, 5) is 5.32. The third kappa shape index (κ3) is 4.94. The van der Waals surface area contributed by atoms with Crippen LogP contribution in [0.2, 0.25) is 0 Å². The Bertz CT molecular complexity index is 194. The van der Waals surface area contributed by atoms with Gasteiger partial charge in [-0.1, -0.05) is 19.8 Å². The average molecular weight is 239 g/mol. The molecule has 2 aliphatic heterocycles. The second kappa shape index (κ2) is 7.34. The molecule has 0 bridgehead atoms. The molecule has 1 N–H and O–H groups in total. The second-order valence-corrected chi connectivity index (χ2v) is 5.87. The van der Waals surface area contributed by atoms with Crippen LogP contribution in [-0.2, 0) is 0 Å². The van der Waals surface area contributed by atoms with Gasteiger partial charge in [-0.3, -0.25) is 0 Å². The molecule has 2 aliphatic rings. The Hall–Kier alpha value is -0.120. The molecule has 1 atom stereocenters. The van der Waals surface area contributed by atoms with E-state index in [1.807, 2.05) is 0 Å². The molecule has 17 heavy (non-hydrogen) atoms. The van der Waals surface area contributed by atoms with Crippen molar-refractivity contribution in [3.05, 3.63) is 0 Å². The van der Waals surface area contributed by atoms with E-state index in [9.17, 15) is 0 Å². The van der Waals surface area contributed by atoms with Crippen molar-refractivity contribution >= 4 is 0 Å². The molecule has 0 aromatic heterocycles. The fraction of sp³-hybridized carbons (Fsp3) is 1.00. The maximum atomic E-state index is 3.43. The zero-order chi connectivity index (χ0) is 11.9. The lowest BCUT2D eigenvalue weighted by Gasteiger charge is -2.31. The molecular formula is C14H29N3. The van der Waals surface area contributed by atoms with E-state index >= 15 is 0 Å². The quantitative estimate of drug-likeness (QED) is 0.800. The number of nitrogens with one attached hydrogen (secondary N) is 1. The van der Waals surface area contributed by atoms with Crippen LogP contribution in [0.5, 0.6) is 0 Å². The number of hydrogen-bond donors (Lipinski definition) is 1. The number of rotatable bonds is 4. The molecule has 0 radical (unpaired) electrons. The summed E-state index contributed by atoms with van der Waals surface area (Å²) in [6.45, 7) is 12.5. The van der Waals surface area contributed by atoms with Crippen LogP contribution in [0.25, 0.3) is 0 Å². The summed E-state index contributed by atoms with van der Waals surface area (Å²) >= 11 is 0. The van der Waals surface area contributed by atoms with E-state index in [1.54, 1.807) is 0 Å². The largest absolute Gasteiger partial charge is 0.314 e. The molecule has 3 nitrogen and oxygen atoms in total. The van der Waals surface area contributed by atoms with Gasteiger partial charge in [-0.15, -0.1) is 0 Å². The monoisotopic (exact) mass is 239 g/mol. The smallest absolute Gasteiger partial charge is 0.0107 e. The first kappa shape index (κ1) is 13.3. The summed E-state index contributed by atoms with van der Waals surface area (Å²) < 4.78 is 0. The van der Waals surface area contributed by atoms with E-state index in [0.29, 0.717) is 0 Å². The van der Waals surface area contributed by atoms with Crippen LogP contribution < -0.4 is 5.32 Å². The maximum Gasteiger partial charge on any atom is 0.0107 e. The van der Waals surface area contributed by atoms with Crippen molar-refractivity contribution in [3.63, 3.8) is 0 Å². The standard InChI is InChI=1S/C14H29N3/c1-14(13-17-10-6-15-7-11-17)12-16-8-4-2-3-5-9-16/h14-15H,2-13H2,1H3. The third-order valence-electron chi connectivity index (χ3n) is 4.05. The lowest BCUT2D eigenvalue weighted by atomic mass is 10.1.